The highest BCUT2D eigenvalue weighted by Crippen LogP contribution is 2.22. The Morgan fingerprint density at radius 3 is 2.17 bits per heavy atom. The molecule has 0 aliphatic rings. The average Bonchev–Trinajstić information content (AvgIpc) is 2.32. The summed E-state index contributed by atoms with van der Waals surface area (Å²) in [6.07, 6.45) is 1.88. The fourth-order valence-electron chi connectivity index (χ4n) is 1.90. The molecule has 0 spiro atoms. The molecule has 102 valence electrons. The van der Waals surface area contributed by atoms with Crippen molar-refractivity contribution < 1.29 is 23.2 Å². The second-order valence-electron chi connectivity index (χ2n) is 4.02. The zero-order chi connectivity index (χ0) is 13.6. The van der Waals surface area contributed by atoms with Gasteiger partial charge in [-0.2, -0.15) is 8.42 Å². The molecule has 18 heavy (non-hydrogen) atoms. The summed E-state index contributed by atoms with van der Waals surface area (Å²) in [6.45, 7) is -0.0191. The van der Waals surface area contributed by atoms with Crippen LogP contribution in [-0.4, -0.2) is 36.4 Å². The number of hydrogen-bond acceptors (Lipinski definition) is 4. The van der Waals surface area contributed by atoms with E-state index in [1.807, 2.05) is 0 Å². The lowest BCUT2D eigenvalue weighted by atomic mass is 9.99. The predicted molar refractivity (Wildman–Crippen MR) is 67.1 cm³/mol. The number of aliphatic hydroxyl groups excluding tert-OH is 2. The number of aliphatic hydroxyl groups is 2. The van der Waals surface area contributed by atoms with E-state index in [1.54, 1.807) is 12.1 Å². The third-order valence-electron chi connectivity index (χ3n) is 2.70. The minimum Gasteiger partial charge on any atom is -0.396 e. The third kappa shape index (κ3) is 4.06. The molecule has 0 radical (unpaired) electrons. The first-order chi connectivity index (χ1) is 8.50. The topological polar surface area (TPSA) is 94.8 Å². The molecular formula is C12H18O5S. The van der Waals surface area contributed by atoms with Gasteiger partial charge in [-0.25, -0.2) is 0 Å². The van der Waals surface area contributed by atoms with E-state index in [9.17, 15) is 13.0 Å². The van der Waals surface area contributed by atoms with E-state index in [-0.39, 0.29) is 18.1 Å². The zero-order valence-electron chi connectivity index (χ0n) is 10.0. The van der Waals surface area contributed by atoms with Crippen LogP contribution >= 0.6 is 0 Å². The molecule has 0 aliphatic heterocycles. The van der Waals surface area contributed by atoms with Gasteiger partial charge in [0.2, 0.25) is 0 Å². The molecule has 3 N–H and O–H groups in total. The molecule has 1 rings (SSSR count). The van der Waals surface area contributed by atoms with Crippen LogP contribution in [0.4, 0.5) is 0 Å². The van der Waals surface area contributed by atoms with Gasteiger partial charge in [0.05, 0.1) is 4.90 Å². The Labute approximate surface area is 107 Å². The molecule has 0 bridgehead atoms. The zero-order valence-corrected chi connectivity index (χ0v) is 10.9. The van der Waals surface area contributed by atoms with Crippen molar-refractivity contribution in [1.29, 1.82) is 0 Å². The van der Waals surface area contributed by atoms with E-state index in [4.69, 9.17) is 10.2 Å². The minimum atomic E-state index is -4.26. The largest absolute Gasteiger partial charge is 0.396 e. The Balaban J connectivity index is 3.17. The highest BCUT2D eigenvalue weighted by Gasteiger charge is 2.17. The maximum absolute atomic E-state index is 11.3. The molecule has 1 aromatic carbocycles. The molecule has 0 saturated carbocycles. The van der Waals surface area contributed by atoms with Gasteiger partial charge in [0, 0.05) is 13.2 Å². The Bertz CT molecular complexity index is 481. The van der Waals surface area contributed by atoms with Crippen molar-refractivity contribution in [2.45, 2.75) is 30.6 Å². The third-order valence-corrected chi connectivity index (χ3v) is 3.64. The molecule has 0 atom stereocenters. The molecule has 1 aromatic rings. The summed E-state index contributed by atoms with van der Waals surface area (Å²) in [5.74, 6) is 0. The highest BCUT2D eigenvalue weighted by atomic mass is 32.2. The van der Waals surface area contributed by atoms with Crippen molar-refractivity contribution in [3.05, 3.63) is 29.3 Å². The van der Waals surface area contributed by atoms with E-state index in [1.165, 1.54) is 6.07 Å². The summed E-state index contributed by atoms with van der Waals surface area (Å²) >= 11 is 0. The summed E-state index contributed by atoms with van der Waals surface area (Å²) in [5.41, 5.74) is 1.31. The standard InChI is InChI=1S/C12H18O5S/c13-8-2-5-10-4-1-7-12(18(15,16)17)11(10)6-3-9-14/h1,4,7,13-14H,2-3,5-6,8-9H2,(H,15,16,17). The molecule has 6 heteroatoms. The number of rotatable bonds is 7. The van der Waals surface area contributed by atoms with Crippen LogP contribution in [0, 0.1) is 0 Å². The maximum Gasteiger partial charge on any atom is 0.294 e. The first-order valence-corrected chi connectivity index (χ1v) is 7.24. The molecule has 0 fully saturated rings. The second-order valence-corrected chi connectivity index (χ2v) is 5.41. The van der Waals surface area contributed by atoms with E-state index >= 15 is 0 Å². The minimum absolute atomic E-state index is 0.0234. The molecule has 0 aromatic heterocycles. The lowest BCUT2D eigenvalue weighted by molar-refractivity contribution is 0.285. The van der Waals surface area contributed by atoms with Gasteiger partial charge in [0.1, 0.15) is 0 Å². The van der Waals surface area contributed by atoms with E-state index in [0.29, 0.717) is 31.2 Å². The van der Waals surface area contributed by atoms with Gasteiger partial charge in [-0.3, -0.25) is 4.55 Å². The average molecular weight is 274 g/mol. The van der Waals surface area contributed by atoms with E-state index in [0.717, 1.165) is 5.56 Å². The van der Waals surface area contributed by atoms with Crippen molar-refractivity contribution in [1.82, 2.24) is 0 Å². The molecule has 0 saturated heterocycles. The van der Waals surface area contributed by atoms with Crippen molar-refractivity contribution >= 4 is 10.1 Å². The number of aryl methyl sites for hydroxylation is 1. The molecule has 0 amide bonds. The summed E-state index contributed by atoms with van der Waals surface area (Å²) in [7, 11) is -4.26. The smallest absolute Gasteiger partial charge is 0.294 e. The van der Waals surface area contributed by atoms with Crippen LogP contribution in [0.3, 0.4) is 0 Å². The van der Waals surface area contributed by atoms with E-state index in [2.05, 4.69) is 0 Å². The highest BCUT2D eigenvalue weighted by molar-refractivity contribution is 7.85. The Kier molecular flexibility index (Phi) is 5.74. The Hall–Kier alpha value is -0.950. The molecule has 0 aliphatic carbocycles. The SMILES string of the molecule is O=S(=O)(O)c1cccc(CCCO)c1CCCO. The Morgan fingerprint density at radius 2 is 1.61 bits per heavy atom. The second kappa shape index (κ2) is 6.84. The van der Waals surface area contributed by atoms with Crippen LogP contribution in [-0.2, 0) is 23.0 Å². The first-order valence-electron chi connectivity index (χ1n) is 5.80. The van der Waals surface area contributed by atoms with Crippen molar-refractivity contribution in [3.63, 3.8) is 0 Å². The maximum atomic E-state index is 11.3. The predicted octanol–water partition coefficient (Wildman–Crippen LogP) is 0.783. The molecule has 0 heterocycles. The van der Waals surface area contributed by atoms with Gasteiger partial charge in [0.25, 0.3) is 10.1 Å². The summed E-state index contributed by atoms with van der Waals surface area (Å²) in [5, 5.41) is 17.7. The van der Waals surface area contributed by atoms with Crippen LogP contribution in [0.1, 0.15) is 24.0 Å². The van der Waals surface area contributed by atoms with Crippen molar-refractivity contribution in [2.24, 2.45) is 0 Å². The summed E-state index contributed by atoms with van der Waals surface area (Å²) in [6, 6.07) is 4.69. The fourth-order valence-corrected chi connectivity index (χ4v) is 2.69. The van der Waals surface area contributed by atoms with Gasteiger partial charge in [-0.15, -0.1) is 0 Å². The summed E-state index contributed by atoms with van der Waals surface area (Å²) < 4.78 is 31.8. The Morgan fingerprint density at radius 1 is 1.00 bits per heavy atom. The van der Waals surface area contributed by atoms with Crippen molar-refractivity contribution in [3.8, 4) is 0 Å². The lowest BCUT2D eigenvalue weighted by Crippen LogP contribution is -2.07. The van der Waals surface area contributed by atoms with Gasteiger partial charge in [0.15, 0.2) is 0 Å². The van der Waals surface area contributed by atoms with Gasteiger partial charge < -0.3 is 10.2 Å². The van der Waals surface area contributed by atoms with Crippen LogP contribution in [0.25, 0.3) is 0 Å². The van der Waals surface area contributed by atoms with Gasteiger partial charge >= 0.3 is 0 Å². The normalized spacial score (nSPS) is 11.7. The van der Waals surface area contributed by atoms with Crippen molar-refractivity contribution in [2.75, 3.05) is 13.2 Å². The van der Waals surface area contributed by atoms with Crippen LogP contribution < -0.4 is 0 Å². The van der Waals surface area contributed by atoms with Gasteiger partial charge in [-0.05, 0) is 42.9 Å². The number of hydrogen-bond donors (Lipinski definition) is 3. The van der Waals surface area contributed by atoms with Crippen LogP contribution in [0.2, 0.25) is 0 Å². The summed E-state index contributed by atoms with van der Waals surface area (Å²) in [4.78, 5) is -0.105. The fraction of sp³-hybridized carbons (Fsp3) is 0.500. The quantitative estimate of drug-likeness (QED) is 0.639. The monoisotopic (exact) mass is 274 g/mol. The van der Waals surface area contributed by atoms with Crippen LogP contribution in [0.15, 0.2) is 23.1 Å². The van der Waals surface area contributed by atoms with Gasteiger partial charge in [-0.1, -0.05) is 12.1 Å². The first kappa shape index (κ1) is 15.1. The number of benzene rings is 1. The lowest BCUT2D eigenvalue weighted by Gasteiger charge is -2.12. The van der Waals surface area contributed by atoms with E-state index < -0.39 is 10.1 Å². The molecular weight excluding hydrogens is 256 g/mol. The molecule has 0 unspecified atom stereocenters. The molecule has 5 nitrogen and oxygen atoms in total. The van der Waals surface area contributed by atoms with Crippen LogP contribution in [0.5, 0.6) is 0 Å².